The molecule has 3 rings (SSSR count). The number of aliphatic hydroxyl groups is 1. The normalized spacial score (nSPS) is 11.8. The quantitative estimate of drug-likeness (QED) is 0.447. The molecule has 0 radical (unpaired) electrons. The second-order valence-corrected chi connectivity index (χ2v) is 8.06. The van der Waals surface area contributed by atoms with Crippen LogP contribution in [0.15, 0.2) is 51.7 Å². The summed E-state index contributed by atoms with van der Waals surface area (Å²) in [6, 6.07) is 10.2. The van der Waals surface area contributed by atoms with Gasteiger partial charge in [0.05, 0.1) is 0 Å². The van der Waals surface area contributed by atoms with E-state index in [-0.39, 0.29) is 22.4 Å². The van der Waals surface area contributed by atoms with E-state index in [0.717, 1.165) is 17.7 Å². The lowest BCUT2D eigenvalue weighted by Crippen LogP contribution is -2.24. The smallest absolute Gasteiger partial charge is 0.266 e. The number of carbonyl (C=O) groups is 1. The zero-order valence-corrected chi connectivity index (χ0v) is 18.9. The number of pyridine rings is 1. The maximum Gasteiger partial charge on any atom is 0.266 e. The van der Waals surface area contributed by atoms with Crippen LogP contribution >= 0.6 is 15.9 Å². The summed E-state index contributed by atoms with van der Waals surface area (Å²) in [7, 11) is 0. The highest BCUT2D eigenvalue weighted by molar-refractivity contribution is 9.10. The van der Waals surface area contributed by atoms with Crippen LogP contribution in [-0.4, -0.2) is 22.1 Å². The zero-order valence-electron chi connectivity index (χ0n) is 17.3. The molecule has 1 heterocycles. The van der Waals surface area contributed by atoms with Crippen molar-refractivity contribution < 1.29 is 23.4 Å². The Labute approximate surface area is 191 Å². The van der Waals surface area contributed by atoms with Crippen LogP contribution in [0.3, 0.4) is 0 Å². The molecule has 2 aromatic carbocycles. The van der Waals surface area contributed by atoms with Crippen LogP contribution in [0, 0.1) is 18.6 Å². The molecular formula is C23H21BrF2N2O4. The summed E-state index contributed by atoms with van der Waals surface area (Å²) in [4.78, 5) is 26.6. The number of hydrogen-bond acceptors (Lipinski definition) is 4. The number of nitrogens with one attached hydrogen (secondary N) is 2. The van der Waals surface area contributed by atoms with E-state index in [2.05, 4.69) is 26.2 Å². The summed E-state index contributed by atoms with van der Waals surface area (Å²) in [6.45, 7) is 2.91. The van der Waals surface area contributed by atoms with E-state index in [1.807, 2.05) is 0 Å². The number of aryl methyl sites for hydroxylation is 1. The number of ether oxygens (including phenoxy) is 1. The third kappa shape index (κ3) is 5.60. The number of aliphatic hydroxyl groups excluding tert-OH is 1. The van der Waals surface area contributed by atoms with Gasteiger partial charge in [-0.15, -0.1) is 0 Å². The Morgan fingerprint density at radius 2 is 1.91 bits per heavy atom. The first kappa shape index (κ1) is 23.6. The van der Waals surface area contributed by atoms with Gasteiger partial charge in [-0.25, -0.2) is 8.78 Å². The highest BCUT2D eigenvalue weighted by atomic mass is 79.9. The van der Waals surface area contributed by atoms with Crippen LogP contribution in [0.25, 0.3) is 0 Å². The van der Waals surface area contributed by atoms with Gasteiger partial charge in [-0.2, -0.15) is 0 Å². The average Bonchev–Trinajstić information content (AvgIpc) is 2.74. The molecule has 6 nitrogen and oxygen atoms in total. The summed E-state index contributed by atoms with van der Waals surface area (Å²) < 4.78 is 33.1. The number of aromatic nitrogens is 1. The molecule has 9 heteroatoms. The Morgan fingerprint density at radius 1 is 1.22 bits per heavy atom. The molecule has 1 amide bonds. The topological polar surface area (TPSA) is 91.4 Å². The number of rotatable bonds is 7. The van der Waals surface area contributed by atoms with E-state index in [0.29, 0.717) is 23.4 Å². The molecule has 32 heavy (non-hydrogen) atoms. The average molecular weight is 507 g/mol. The summed E-state index contributed by atoms with van der Waals surface area (Å²) in [6.07, 6.45) is -0.742. The molecule has 0 saturated heterocycles. The molecular weight excluding hydrogens is 486 g/mol. The number of aromatic amines is 1. The van der Waals surface area contributed by atoms with Crippen molar-refractivity contribution in [1.29, 1.82) is 0 Å². The van der Waals surface area contributed by atoms with Gasteiger partial charge < -0.3 is 20.1 Å². The molecule has 168 valence electrons. The number of halogens is 3. The van der Waals surface area contributed by atoms with Crippen molar-refractivity contribution in [3.63, 3.8) is 0 Å². The number of carbonyl (C=O) groups excluding carboxylic acids is 1. The van der Waals surface area contributed by atoms with Crippen LogP contribution in [0.1, 0.15) is 29.3 Å². The van der Waals surface area contributed by atoms with Crippen molar-refractivity contribution in [2.45, 2.75) is 33.0 Å². The van der Waals surface area contributed by atoms with E-state index < -0.39 is 29.2 Å². The predicted molar refractivity (Wildman–Crippen MR) is 120 cm³/mol. The number of amides is 1. The van der Waals surface area contributed by atoms with Gasteiger partial charge in [-0.05, 0) is 59.6 Å². The largest absolute Gasteiger partial charge is 0.487 e. The highest BCUT2D eigenvalue weighted by Crippen LogP contribution is 2.31. The van der Waals surface area contributed by atoms with E-state index in [9.17, 15) is 23.5 Å². The predicted octanol–water partition coefficient (Wildman–Crippen LogP) is 4.21. The van der Waals surface area contributed by atoms with Crippen molar-refractivity contribution in [2.24, 2.45) is 0 Å². The van der Waals surface area contributed by atoms with E-state index >= 15 is 0 Å². The lowest BCUT2D eigenvalue weighted by atomic mass is 10.0. The Kier molecular flexibility index (Phi) is 7.42. The Morgan fingerprint density at radius 3 is 2.53 bits per heavy atom. The first-order chi connectivity index (χ1) is 15.2. The molecule has 0 bridgehead atoms. The molecule has 3 aromatic rings. The Balaban J connectivity index is 1.85. The molecule has 0 spiro atoms. The Bertz CT molecular complexity index is 1190. The number of hydrogen-bond donors (Lipinski definition) is 3. The molecule has 0 aliphatic heterocycles. The van der Waals surface area contributed by atoms with Gasteiger partial charge in [-0.3, -0.25) is 9.59 Å². The molecule has 1 unspecified atom stereocenters. The molecule has 1 aromatic heterocycles. The number of H-pyrrole nitrogens is 1. The van der Waals surface area contributed by atoms with Crippen molar-refractivity contribution in [1.82, 2.24) is 4.98 Å². The van der Waals surface area contributed by atoms with E-state index in [1.165, 1.54) is 13.0 Å². The van der Waals surface area contributed by atoms with Gasteiger partial charge in [-0.1, -0.05) is 12.1 Å². The summed E-state index contributed by atoms with van der Waals surface area (Å²) in [5.41, 5.74) is 2.42. The van der Waals surface area contributed by atoms with Crippen LogP contribution in [0.2, 0.25) is 0 Å². The number of benzene rings is 2. The van der Waals surface area contributed by atoms with Crippen molar-refractivity contribution in [3.8, 4) is 5.75 Å². The van der Waals surface area contributed by atoms with Crippen LogP contribution < -0.4 is 15.6 Å². The minimum absolute atomic E-state index is 0.153. The first-order valence-electron chi connectivity index (χ1n) is 9.71. The lowest BCUT2D eigenvalue weighted by Gasteiger charge is -2.16. The van der Waals surface area contributed by atoms with Gasteiger partial charge in [0.15, 0.2) is 0 Å². The van der Waals surface area contributed by atoms with Gasteiger partial charge in [0.25, 0.3) is 11.5 Å². The summed E-state index contributed by atoms with van der Waals surface area (Å²) >= 11 is 3.24. The molecule has 3 N–H and O–H groups in total. The molecule has 0 aliphatic carbocycles. The SMILES string of the molecule is Cc1[nH]c(=O)c(Br)c(OCc2ccc(F)cc2F)c1Cc1ccc(NC(=O)C(C)O)cc1. The fourth-order valence-electron chi connectivity index (χ4n) is 3.02. The summed E-state index contributed by atoms with van der Waals surface area (Å²) in [5, 5.41) is 11.9. The first-order valence-corrected chi connectivity index (χ1v) is 10.5. The molecule has 0 saturated carbocycles. The van der Waals surface area contributed by atoms with Gasteiger partial charge >= 0.3 is 0 Å². The van der Waals surface area contributed by atoms with Crippen LogP contribution in [-0.2, 0) is 17.8 Å². The third-order valence-corrected chi connectivity index (χ3v) is 5.52. The fraction of sp³-hybridized carbons (Fsp3) is 0.217. The third-order valence-electron chi connectivity index (χ3n) is 4.80. The van der Waals surface area contributed by atoms with Crippen LogP contribution in [0.4, 0.5) is 14.5 Å². The second kappa shape index (κ2) is 10.1. The van der Waals surface area contributed by atoms with Crippen molar-refractivity contribution in [3.05, 3.63) is 91.3 Å². The standard InChI is InChI=1S/C23H21BrF2N2O4/c1-12-18(9-14-3-7-17(8-4-14)28-22(30)13(2)29)21(20(24)23(31)27-12)32-11-15-5-6-16(25)10-19(15)26/h3-8,10,13,29H,9,11H2,1-2H3,(H,27,31)(H,28,30). The van der Waals surface area contributed by atoms with E-state index in [4.69, 9.17) is 4.74 Å². The molecule has 0 fully saturated rings. The Hall–Kier alpha value is -3.04. The maximum atomic E-state index is 14.0. The van der Waals surface area contributed by atoms with Crippen molar-refractivity contribution in [2.75, 3.05) is 5.32 Å². The van der Waals surface area contributed by atoms with E-state index in [1.54, 1.807) is 31.2 Å². The monoisotopic (exact) mass is 506 g/mol. The maximum absolute atomic E-state index is 14.0. The zero-order chi connectivity index (χ0) is 23.4. The molecule has 1 atom stereocenters. The van der Waals surface area contributed by atoms with Crippen LogP contribution in [0.5, 0.6) is 5.75 Å². The summed E-state index contributed by atoms with van der Waals surface area (Å²) in [5.74, 6) is -1.67. The number of anilines is 1. The second-order valence-electron chi connectivity index (χ2n) is 7.26. The van der Waals surface area contributed by atoms with Gasteiger partial charge in [0.1, 0.15) is 34.6 Å². The van der Waals surface area contributed by atoms with Gasteiger partial charge in [0.2, 0.25) is 0 Å². The molecule has 0 aliphatic rings. The minimum Gasteiger partial charge on any atom is -0.487 e. The lowest BCUT2D eigenvalue weighted by molar-refractivity contribution is -0.123. The minimum atomic E-state index is -1.12. The van der Waals surface area contributed by atoms with Gasteiger partial charge in [0, 0.05) is 35.0 Å². The highest BCUT2D eigenvalue weighted by Gasteiger charge is 2.17. The van der Waals surface area contributed by atoms with Crippen molar-refractivity contribution >= 4 is 27.5 Å². The fourth-order valence-corrected chi connectivity index (χ4v) is 3.47.